The van der Waals surface area contributed by atoms with E-state index in [-0.39, 0.29) is 18.2 Å². The van der Waals surface area contributed by atoms with Crippen molar-refractivity contribution in [1.82, 2.24) is 4.31 Å². The maximum absolute atomic E-state index is 12.9. The van der Waals surface area contributed by atoms with E-state index >= 15 is 0 Å². The van der Waals surface area contributed by atoms with Gasteiger partial charge in [-0.15, -0.1) is 0 Å². The molecular weight excluding hydrogens is 398 g/mol. The highest BCUT2D eigenvalue weighted by atomic mass is 32.2. The van der Waals surface area contributed by atoms with E-state index in [1.54, 1.807) is 18.2 Å². The average molecular weight is 424 g/mol. The molecule has 0 aliphatic heterocycles. The van der Waals surface area contributed by atoms with Gasteiger partial charge >= 0.3 is 10.1 Å². The molecule has 0 spiro atoms. The van der Waals surface area contributed by atoms with E-state index < -0.39 is 20.1 Å². The first-order valence-electron chi connectivity index (χ1n) is 8.77. The summed E-state index contributed by atoms with van der Waals surface area (Å²) in [4.78, 5) is 0. The van der Waals surface area contributed by atoms with E-state index in [4.69, 9.17) is 4.18 Å². The Morgan fingerprint density at radius 3 is 2.29 bits per heavy atom. The molecule has 0 aliphatic rings. The first-order chi connectivity index (χ1) is 13.0. The van der Waals surface area contributed by atoms with Crippen LogP contribution in [0.2, 0.25) is 0 Å². The minimum atomic E-state index is -3.67. The number of hydrogen-bond donors (Lipinski definition) is 0. The van der Waals surface area contributed by atoms with Gasteiger partial charge in [0.15, 0.2) is 0 Å². The van der Waals surface area contributed by atoms with E-state index in [9.17, 15) is 16.8 Å². The fourth-order valence-electron chi connectivity index (χ4n) is 2.55. The Bertz CT molecular complexity index is 1010. The van der Waals surface area contributed by atoms with Crippen molar-refractivity contribution in [2.75, 3.05) is 12.8 Å². The van der Waals surface area contributed by atoms with Crippen LogP contribution in [0.5, 0.6) is 5.75 Å². The molecule has 0 aliphatic carbocycles. The Morgan fingerprint density at radius 1 is 1.00 bits per heavy atom. The van der Waals surface area contributed by atoms with Crippen molar-refractivity contribution in [3.8, 4) is 5.75 Å². The van der Waals surface area contributed by atoms with Crippen molar-refractivity contribution in [2.45, 2.75) is 20.4 Å². The lowest BCUT2D eigenvalue weighted by Crippen LogP contribution is -2.32. The lowest BCUT2D eigenvalue weighted by atomic mass is 10.2. The van der Waals surface area contributed by atoms with Gasteiger partial charge < -0.3 is 4.18 Å². The van der Waals surface area contributed by atoms with Gasteiger partial charge in [-0.05, 0) is 35.3 Å². The summed E-state index contributed by atoms with van der Waals surface area (Å²) in [6.07, 6.45) is 2.52. The summed E-state index contributed by atoms with van der Waals surface area (Å²) in [5.74, 6) is 0.275. The molecule has 0 bridgehead atoms. The predicted octanol–water partition coefficient (Wildman–Crippen LogP) is 3.48. The van der Waals surface area contributed by atoms with Crippen LogP contribution >= 0.6 is 0 Å². The van der Waals surface area contributed by atoms with Crippen molar-refractivity contribution in [3.63, 3.8) is 0 Å². The highest BCUT2D eigenvalue weighted by Gasteiger charge is 2.21. The molecule has 0 saturated carbocycles. The summed E-state index contributed by atoms with van der Waals surface area (Å²) in [5, 5.41) is 1.20. The zero-order chi connectivity index (χ0) is 20.8. The lowest BCUT2D eigenvalue weighted by Gasteiger charge is -2.22. The Kier molecular flexibility index (Phi) is 7.40. The molecule has 0 aromatic heterocycles. The minimum absolute atomic E-state index is 0.112. The van der Waals surface area contributed by atoms with Crippen LogP contribution in [0.1, 0.15) is 25.0 Å². The second kappa shape index (κ2) is 9.36. The van der Waals surface area contributed by atoms with Crippen molar-refractivity contribution < 1.29 is 21.0 Å². The molecule has 0 heterocycles. The first kappa shape index (κ1) is 22.1. The van der Waals surface area contributed by atoms with E-state index in [1.165, 1.54) is 21.8 Å². The van der Waals surface area contributed by atoms with Crippen molar-refractivity contribution in [2.24, 2.45) is 5.92 Å². The van der Waals surface area contributed by atoms with Crippen LogP contribution in [0, 0.1) is 5.92 Å². The zero-order valence-corrected chi connectivity index (χ0v) is 17.8. The molecular formula is C20H25NO5S2. The smallest absolute Gasteiger partial charge is 0.306 e. The van der Waals surface area contributed by atoms with Crippen LogP contribution in [-0.4, -0.2) is 33.9 Å². The Hall–Kier alpha value is -2.16. The van der Waals surface area contributed by atoms with Crippen LogP contribution in [0.3, 0.4) is 0 Å². The molecule has 28 heavy (non-hydrogen) atoms. The van der Waals surface area contributed by atoms with Gasteiger partial charge in [0.05, 0.1) is 6.26 Å². The third-order valence-corrected chi connectivity index (χ3v) is 5.64. The Labute approximate surface area is 167 Å². The van der Waals surface area contributed by atoms with Gasteiger partial charge in [-0.2, -0.15) is 12.7 Å². The molecule has 2 aromatic carbocycles. The number of sulfonamides is 1. The van der Waals surface area contributed by atoms with Gasteiger partial charge in [0.1, 0.15) is 5.75 Å². The topological polar surface area (TPSA) is 80.8 Å². The Morgan fingerprint density at radius 2 is 1.68 bits per heavy atom. The molecule has 2 aromatic rings. The molecule has 0 saturated heterocycles. The summed E-state index contributed by atoms with van der Waals surface area (Å²) in [6, 6.07) is 15.6. The molecule has 0 radical (unpaired) electrons. The molecule has 8 heteroatoms. The summed E-state index contributed by atoms with van der Waals surface area (Å²) >= 11 is 0. The van der Waals surface area contributed by atoms with Gasteiger partial charge in [-0.3, -0.25) is 0 Å². The van der Waals surface area contributed by atoms with Crippen LogP contribution in [-0.2, 0) is 26.7 Å². The van der Waals surface area contributed by atoms with Gasteiger partial charge in [0.25, 0.3) is 0 Å². The summed E-state index contributed by atoms with van der Waals surface area (Å²) < 4.78 is 54.6. The monoisotopic (exact) mass is 423 g/mol. The van der Waals surface area contributed by atoms with Gasteiger partial charge in [-0.1, -0.05) is 56.3 Å². The third-order valence-electron chi connectivity index (χ3n) is 3.67. The molecule has 2 rings (SSSR count). The molecule has 152 valence electrons. The lowest BCUT2D eigenvalue weighted by molar-refractivity contribution is 0.366. The van der Waals surface area contributed by atoms with Crippen LogP contribution in [0.15, 0.2) is 60.0 Å². The molecule has 0 N–H and O–H groups in total. The van der Waals surface area contributed by atoms with Crippen LogP contribution in [0.25, 0.3) is 6.08 Å². The maximum Gasteiger partial charge on any atom is 0.306 e. The number of benzene rings is 2. The maximum atomic E-state index is 12.9. The van der Waals surface area contributed by atoms with Gasteiger partial charge in [0.2, 0.25) is 10.0 Å². The normalized spacial score (nSPS) is 12.8. The van der Waals surface area contributed by atoms with Gasteiger partial charge in [0, 0.05) is 18.5 Å². The van der Waals surface area contributed by atoms with E-state index in [1.807, 2.05) is 44.2 Å². The summed E-state index contributed by atoms with van der Waals surface area (Å²) in [6.45, 7) is 4.32. The third kappa shape index (κ3) is 7.46. The molecule has 0 atom stereocenters. The van der Waals surface area contributed by atoms with Crippen LogP contribution < -0.4 is 4.18 Å². The Balaban J connectivity index is 2.26. The molecule has 0 amide bonds. The van der Waals surface area contributed by atoms with Crippen LogP contribution in [0.4, 0.5) is 0 Å². The average Bonchev–Trinajstić information content (AvgIpc) is 2.59. The van der Waals surface area contributed by atoms with E-state index in [2.05, 4.69) is 0 Å². The van der Waals surface area contributed by atoms with Crippen molar-refractivity contribution in [1.29, 1.82) is 0 Å². The largest absolute Gasteiger partial charge is 0.383 e. The van der Waals surface area contributed by atoms with E-state index in [0.29, 0.717) is 12.1 Å². The van der Waals surface area contributed by atoms with E-state index in [0.717, 1.165) is 11.8 Å². The minimum Gasteiger partial charge on any atom is -0.383 e. The number of hydrogen-bond acceptors (Lipinski definition) is 5. The number of nitrogens with zero attached hydrogens (tertiary/aromatic N) is 1. The predicted molar refractivity (Wildman–Crippen MR) is 112 cm³/mol. The SMILES string of the molecule is CC(C)CN(Cc1cccc(OS(C)(=O)=O)c1)S(=O)(=O)C=Cc1ccccc1. The summed E-state index contributed by atoms with van der Waals surface area (Å²) in [7, 11) is -7.32. The quantitative estimate of drug-likeness (QED) is 0.577. The zero-order valence-electron chi connectivity index (χ0n) is 16.1. The second-order valence-corrected chi connectivity index (χ2v) is 10.3. The molecule has 0 fully saturated rings. The standard InChI is InChI=1S/C20H25NO5S2/c1-17(2)15-21(28(24,25)13-12-18-8-5-4-6-9-18)16-19-10-7-11-20(14-19)26-27(3,22)23/h4-14,17H,15-16H2,1-3H3. The fraction of sp³-hybridized carbons (Fsp3) is 0.300. The fourth-order valence-corrected chi connectivity index (χ4v) is 4.34. The summed E-state index contributed by atoms with van der Waals surface area (Å²) in [5.41, 5.74) is 1.43. The van der Waals surface area contributed by atoms with Crippen molar-refractivity contribution >= 4 is 26.2 Å². The highest BCUT2D eigenvalue weighted by Crippen LogP contribution is 2.19. The first-order valence-corrected chi connectivity index (χ1v) is 12.1. The van der Waals surface area contributed by atoms with Crippen molar-refractivity contribution in [3.05, 3.63) is 71.1 Å². The highest BCUT2D eigenvalue weighted by molar-refractivity contribution is 7.92. The van der Waals surface area contributed by atoms with Gasteiger partial charge in [-0.25, -0.2) is 8.42 Å². The number of rotatable bonds is 9. The molecule has 0 unspecified atom stereocenters. The second-order valence-electron chi connectivity index (χ2n) is 6.88. The molecule has 6 nitrogen and oxygen atoms in total.